The molecule has 7 aromatic rings. The standard InChI is InChI=1S/C60H38O18/c61-37-13-1-31(2-14-37)55(67)73-49-25-43-44(26-50(49)74-56(68)32-3-15-38(62)16-4-32)46-28-52(76-58(70)34-7-19-40(64)20-8-34)54(78-60(72)36-11-23-42(66)24-12-36)30-48(46)47-29-53(77-59(71)35-9-21-41(65)22-10-35)51(27-45(43)47)75-57(69)33-5-17-39(63)18-6-33/h1-30,43,45,61-66H. The van der Waals surface area contributed by atoms with Crippen molar-refractivity contribution in [2.75, 3.05) is 0 Å². The van der Waals surface area contributed by atoms with Crippen molar-refractivity contribution in [1.29, 1.82) is 0 Å². The van der Waals surface area contributed by atoms with Crippen molar-refractivity contribution in [2.24, 2.45) is 11.8 Å². The van der Waals surface area contributed by atoms with Gasteiger partial charge in [0.05, 0.1) is 33.4 Å². The van der Waals surface area contributed by atoms with E-state index in [9.17, 15) is 59.4 Å². The highest BCUT2D eigenvalue weighted by Gasteiger charge is 2.39. The highest BCUT2D eigenvalue weighted by Crippen LogP contribution is 2.45. The second kappa shape index (κ2) is 21.0. The molecule has 0 aromatic heterocycles. The van der Waals surface area contributed by atoms with Gasteiger partial charge in [-0.2, -0.15) is 0 Å². The van der Waals surface area contributed by atoms with Crippen molar-refractivity contribution < 1.29 is 87.8 Å². The zero-order chi connectivity index (χ0) is 54.8. The number of rotatable bonds is 12. The van der Waals surface area contributed by atoms with Gasteiger partial charge in [-0.3, -0.25) is 0 Å². The van der Waals surface area contributed by atoms with Gasteiger partial charge < -0.3 is 59.1 Å². The van der Waals surface area contributed by atoms with Gasteiger partial charge in [-0.25, -0.2) is 28.8 Å². The third-order valence-corrected chi connectivity index (χ3v) is 12.4. The Hall–Kier alpha value is -11.1. The Balaban J connectivity index is 1.21. The first-order chi connectivity index (χ1) is 37.5. The van der Waals surface area contributed by atoms with Crippen molar-refractivity contribution in [2.45, 2.75) is 0 Å². The normalized spacial score (nSPS) is 15.0. The lowest BCUT2D eigenvalue weighted by Crippen LogP contribution is -2.41. The third kappa shape index (κ3) is 10.8. The van der Waals surface area contributed by atoms with Crippen molar-refractivity contribution in [3.8, 4) is 46.0 Å². The van der Waals surface area contributed by atoms with Crippen LogP contribution in [0, 0.1) is 11.8 Å². The minimum Gasteiger partial charge on any atom is -0.508 e. The number of benzene rings is 7. The molecule has 0 fully saturated rings. The Morgan fingerprint density at radius 2 is 0.487 bits per heavy atom. The number of fused-ring (bicyclic) bond motifs is 4. The fourth-order valence-corrected chi connectivity index (χ4v) is 8.46. The fourth-order valence-electron chi connectivity index (χ4n) is 8.46. The number of esters is 6. The number of carbonyl (C=O) groups is 6. The highest BCUT2D eigenvalue weighted by molar-refractivity contribution is 5.96. The van der Waals surface area contributed by atoms with Gasteiger partial charge in [0.2, 0.25) is 0 Å². The maximum atomic E-state index is 13.9. The molecule has 0 aliphatic heterocycles. The summed E-state index contributed by atoms with van der Waals surface area (Å²) in [5.74, 6) is -10.6. The molecule has 2 unspecified atom stereocenters. The molecule has 3 aliphatic carbocycles. The average Bonchev–Trinajstić information content (AvgIpc) is 3.54. The van der Waals surface area contributed by atoms with Crippen LogP contribution in [0.3, 0.4) is 0 Å². The molecule has 18 heteroatoms. The molecule has 0 saturated carbocycles. The number of hydrogen-bond donors (Lipinski definition) is 6. The van der Waals surface area contributed by atoms with E-state index in [2.05, 4.69) is 0 Å². The minimum atomic E-state index is -1.02. The Kier molecular flexibility index (Phi) is 13.6. The van der Waals surface area contributed by atoms with Crippen LogP contribution in [0.15, 0.2) is 205 Å². The van der Waals surface area contributed by atoms with E-state index in [0.29, 0.717) is 0 Å². The zero-order valence-electron chi connectivity index (χ0n) is 40.1. The summed E-state index contributed by atoms with van der Waals surface area (Å²) in [6.07, 6.45) is 5.65. The third-order valence-electron chi connectivity index (χ3n) is 12.4. The minimum absolute atomic E-state index is 0.0209. The zero-order valence-corrected chi connectivity index (χ0v) is 40.1. The van der Waals surface area contributed by atoms with E-state index in [0.717, 1.165) is 0 Å². The van der Waals surface area contributed by atoms with Crippen LogP contribution in [0.4, 0.5) is 0 Å². The highest BCUT2D eigenvalue weighted by atomic mass is 16.6. The summed E-state index contributed by atoms with van der Waals surface area (Å²) >= 11 is 0. The first-order valence-electron chi connectivity index (χ1n) is 23.4. The van der Waals surface area contributed by atoms with Crippen LogP contribution in [0.1, 0.15) is 62.1 Å². The van der Waals surface area contributed by atoms with E-state index in [1.807, 2.05) is 0 Å². The summed E-state index contributed by atoms with van der Waals surface area (Å²) in [5, 5.41) is 60.3. The van der Waals surface area contributed by atoms with Gasteiger partial charge >= 0.3 is 35.8 Å². The SMILES string of the molecule is O=C(OC1=CC2=c3cc(OC(=O)c4ccc(O)cc4)c(OC(=O)c4ccc(O)cc4)cc3=C3C=C(OC(=O)c4ccc(O)cc4)C(OC(=O)c4ccc(O)cc4)=CC3C2C=C1OC(=O)c1ccc(O)cc1)c1ccc(O)cc1. The number of aromatic hydroxyl groups is 6. The number of phenolic OH excluding ortho intramolecular Hbond substituents is 6. The summed E-state index contributed by atoms with van der Waals surface area (Å²) < 4.78 is 35.8. The van der Waals surface area contributed by atoms with Crippen molar-refractivity contribution in [1.82, 2.24) is 0 Å². The quantitative estimate of drug-likeness (QED) is 0.0385. The molecule has 0 amide bonds. The molecule has 0 spiro atoms. The summed E-state index contributed by atoms with van der Waals surface area (Å²) in [6.45, 7) is 0. The Bertz CT molecular complexity index is 3610. The molecule has 18 nitrogen and oxygen atoms in total. The van der Waals surface area contributed by atoms with Crippen LogP contribution >= 0.6 is 0 Å². The number of allylic oxidation sites excluding steroid dienone is 4. The molecule has 6 N–H and O–H groups in total. The van der Waals surface area contributed by atoms with Gasteiger partial charge in [0.1, 0.15) is 34.5 Å². The van der Waals surface area contributed by atoms with Crippen LogP contribution in [0.2, 0.25) is 0 Å². The van der Waals surface area contributed by atoms with Gasteiger partial charge in [-0.15, -0.1) is 0 Å². The predicted octanol–water partition coefficient (Wildman–Crippen LogP) is 7.90. The lowest BCUT2D eigenvalue weighted by molar-refractivity contribution is 0.0511. The van der Waals surface area contributed by atoms with Crippen molar-refractivity contribution in [3.05, 3.63) is 249 Å². The van der Waals surface area contributed by atoms with Gasteiger partial charge in [0.25, 0.3) is 0 Å². The molecular formula is C60H38O18. The summed E-state index contributed by atoms with van der Waals surface area (Å²) in [5.41, 5.74) is 0.396. The maximum absolute atomic E-state index is 13.9. The Morgan fingerprint density at radius 1 is 0.282 bits per heavy atom. The summed E-state index contributed by atoms with van der Waals surface area (Å²) in [6, 6.07) is 33.3. The van der Waals surface area contributed by atoms with E-state index in [4.69, 9.17) is 28.4 Å². The van der Waals surface area contributed by atoms with Crippen LogP contribution in [0.5, 0.6) is 46.0 Å². The molecule has 0 radical (unpaired) electrons. The molecule has 7 aromatic carbocycles. The van der Waals surface area contributed by atoms with Gasteiger partial charge in [-0.05, 0) is 204 Å². The Labute approximate surface area is 440 Å². The molecule has 0 heterocycles. The molecule has 0 bridgehead atoms. The smallest absolute Gasteiger partial charge is 0.343 e. The number of carbonyl (C=O) groups excluding carboxylic acids is 6. The summed E-state index contributed by atoms with van der Waals surface area (Å²) in [7, 11) is 0. The van der Waals surface area contributed by atoms with Gasteiger partial charge in [0.15, 0.2) is 34.5 Å². The topological polar surface area (TPSA) is 279 Å². The number of phenols is 6. The van der Waals surface area contributed by atoms with E-state index in [-0.39, 0.29) is 124 Å². The van der Waals surface area contributed by atoms with Gasteiger partial charge in [0, 0.05) is 11.8 Å². The monoisotopic (exact) mass is 1050 g/mol. The second-order valence-electron chi connectivity index (χ2n) is 17.5. The molecule has 3 aliphatic rings. The molecule has 0 saturated heterocycles. The average molecular weight is 1050 g/mol. The van der Waals surface area contributed by atoms with Crippen LogP contribution in [0.25, 0.3) is 11.1 Å². The van der Waals surface area contributed by atoms with E-state index < -0.39 is 47.7 Å². The van der Waals surface area contributed by atoms with E-state index >= 15 is 0 Å². The Morgan fingerprint density at radius 3 is 0.718 bits per heavy atom. The molecule has 10 rings (SSSR count). The van der Waals surface area contributed by atoms with Crippen molar-refractivity contribution in [3.63, 3.8) is 0 Å². The first-order valence-corrected chi connectivity index (χ1v) is 23.4. The largest absolute Gasteiger partial charge is 0.508 e. The maximum Gasteiger partial charge on any atom is 0.343 e. The lowest BCUT2D eigenvalue weighted by atomic mass is 9.71. The van der Waals surface area contributed by atoms with Crippen LogP contribution < -0.4 is 19.9 Å². The lowest BCUT2D eigenvalue weighted by Gasteiger charge is -2.35. The summed E-state index contributed by atoms with van der Waals surface area (Å²) in [4.78, 5) is 83.5. The van der Waals surface area contributed by atoms with Crippen molar-refractivity contribution >= 4 is 47.0 Å². The molecule has 78 heavy (non-hydrogen) atoms. The fraction of sp³-hybridized carbons (Fsp3) is 0.0333. The first kappa shape index (κ1) is 50.4. The molecular weight excluding hydrogens is 1010 g/mol. The van der Waals surface area contributed by atoms with E-state index in [1.165, 1.54) is 182 Å². The molecule has 386 valence electrons. The second-order valence-corrected chi connectivity index (χ2v) is 17.5. The van der Waals surface area contributed by atoms with Crippen LogP contribution in [-0.2, 0) is 18.9 Å². The number of ether oxygens (including phenoxy) is 6. The van der Waals surface area contributed by atoms with Crippen LogP contribution in [-0.4, -0.2) is 66.5 Å². The van der Waals surface area contributed by atoms with Gasteiger partial charge in [-0.1, -0.05) is 0 Å². The van der Waals surface area contributed by atoms with E-state index in [1.54, 1.807) is 0 Å². The number of hydrogen-bond acceptors (Lipinski definition) is 18. The molecule has 2 atom stereocenters. The predicted molar refractivity (Wildman–Crippen MR) is 272 cm³/mol.